The molecule has 3 rings (SSSR count). The maximum absolute atomic E-state index is 12.2. The molecule has 106 valence electrons. The van der Waals surface area contributed by atoms with Gasteiger partial charge in [0, 0.05) is 13.1 Å². The Morgan fingerprint density at radius 1 is 1.30 bits per heavy atom. The minimum atomic E-state index is -0.477. The van der Waals surface area contributed by atoms with Crippen LogP contribution in [0.3, 0.4) is 0 Å². The van der Waals surface area contributed by atoms with Crippen molar-refractivity contribution in [3.05, 3.63) is 33.4 Å². The standard InChI is InChI=1S/C15H17NO4/c1-16-12(17)8-11-14(15(16)19)10(7-13(18)20-11)4-2-3-9-5-6-9/h7,9H,2-6,8H2,1H3. The van der Waals surface area contributed by atoms with Gasteiger partial charge in [-0.25, -0.2) is 4.79 Å². The fraction of sp³-hybridized carbons (Fsp3) is 0.533. The highest BCUT2D eigenvalue weighted by molar-refractivity contribution is 6.09. The van der Waals surface area contributed by atoms with Crippen molar-refractivity contribution in [3.8, 4) is 0 Å². The summed E-state index contributed by atoms with van der Waals surface area (Å²) in [6.07, 6.45) is 5.38. The first-order valence-corrected chi connectivity index (χ1v) is 7.03. The third kappa shape index (κ3) is 2.40. The summed E-state index contributed by atoms with van der Waals surface area (Å²) in [4.78, 5) is 36.5. The minimum Gasteiger partial charge on any atom is -0.426 e. The van der Waals surface area contributed by atoms with Gasteiger partial charge in [0.15, 0.2) is 0 Å². The Balaban J connectivity index is 1.90. The van der Waals surface area contributed by atoms with E-state index in [9.17, 15) is 14.4 Å². The molecule has 20 heavy (non-hydrogen) atoms. The van der Waals surface area contributed by atoms with Crippen LogP contribution in [0.15, 0.2) is 15.3 Å². The Labute approximate surface area is 116 Å². The first-order chi connectivity index (χ1) is 9.56. The Hall–Kier alpha value is -1.91. The molecule has 2 amide bonds. The lowest BCUT2D eigenvalue weighted by molar-refractivity contribution is -0.127. The van der Waals surface area contributed by atoms with Gasteiger partial charge in [0.05, 0.1) is 12.0 Å². The average molecular weight is 275 g/mol. The van der Waals surface area contributed by atoms with Crippen molar-refractivity contribution >= 4 is 11.8 Å². The lowest BCUT2D eigenvalue weighted by Crippen LogP contribution is -2.40. The van der Waals surface area contributed by atoms with Crippen LogP contribution in [-0.4, -0.2) is 23.8 Å². The van der Waals surface area contributed by atoms with Crippen LogP contribution in [0.1, 0.15) is 47.4 Å². The van der Waals surface area contributed by atoms with E-state index in [0.717, 1.165) is 29.2 Å². The highest BCUT2D eigenvalue weighted by Crippen LogP contribution is 2.34. The van der Waals surface area contributed by atoms with Gasteiger partial charge in [-0.2, -0.15) is 0 Å². The molecular weight excluding hydrogens is 258 g/mol. The molecule has 1 saturated carbocycles. The molecule has 0 saturated heterocycles. The molecule has 1 aromatic heterocycles. The van der Waals surface area contributed by atoms with E-state index < -0.39 is 5.63 Å². The van der Waals surface area contributed by atoms with Crippen LogP contribution in [0.2, 0.25) is 0 Å². The SMILES string of the molecule is CN1C(=O)Cc2oc(=O)cc(CCCC3CC3)c2C1=O. The normalized spacial score (nSPS) is 18.4. The molecule has 2 aliphatic rings. The third-order valence-electron chi connectivity index (χ3n) is 4.08. The highest BCUT2D eigenvalue weighted by Gasteiger charge is 2.32. The van der Waals surface area contributed by atoms with E-state index in [1.165, 1.54) is 26.0 Å². The minimum absolute atomic E-state index is 0.0106. The van der Waals surface area contributed by atoms with Gasteiger partial charge in [-0.3, -0.25) is 14.5 Å². The molecule has 0 bridgehead atoms. The second kappa shape index (κ2) is 4.89. The number of imide groups is 1. The summed E-state index contributed by atoms with van der Waals surface area (Å²) in [5.41, 5.74) is 0.666. The molecule has 0 atom stereocenters. The lowest BCUT2D eigenvalue weighted by atomic mass is 9.96. The van der Waals surface area contributed by atoms with Crippen molar-refractivity contribution in [3.63, 3.8) is 0 Å². The van der Waals surface area contributed by atoms with E-state index in [1.807, 2.05) is 0 Å². The van der Waals surface area contributed by atoms with Crippen molar-refractivity contribution in [1.29, 1.82) is 0 Å². The summed E-state index contributed by atoms with van der Waals surface area (Å²) in [7, 11) is 1.46. The van der Waals surface area contributed by atoms with E-state index in [0.29, 0.717) is 12.0 Å². The zero-order chi connectivity index (χ0) is 14.3. The van der Waals surface area contributed by atoms with E-state index in [-0.39, 0.29) is 24.0 Å². The van der Waals surface area contributed by atoms with E-state index in [1.54, 1.807) is 0 Å². The van der Waals surface area contributed by atoms with Crippen LogP contribution in [0.5, 0.6) is 0 Å². The summed E-state index contributed by atoms with van der Waals surface area (Å²) in [6, 6.07) is 1.40. The molecule has 2 heterocycles. The number of aryl methyl sites for hydroxylation is 1. The van der Waals surface area contributed by atoms with Crippen molar-refractivity contribution < 1.29 is 14.0 Å². The van der Waals surface area contributed by atoms with Crippen LogP contribution in [0.4, 0.5) is 0 Å². The van der Waals surface area contributed by atoms with Gasteiger partial charge in [-0.15, -0.1) is 0 Å². The number of likely N-dealkylation sites (N-methyl/N-ethyl adjacent to an activating group) is 1. The van der Waals surface area contributed by atoms with Gasteiger partial charge < -0.3 is 4.42 Å². The molecular formula is C15H17NO4. The molecule has 5 nitrogen and oxygen atoms in total. The predicted octanol–water partition coefficient (Wildman–Crippen LogP) is 1.53. The Morgan fingerprint density at radius 2 is 2.05 bits per heavy atom. The largest absolute Gasteiger partial charge is 0.426 e. The van der Waals surface area contributed by atoms with Crippen LogP contribution in [0, 0.1) is 5.92 Å². The lowest BCUT2D eigenvalue weighted by Gasteiger charge is -2.23. The Kier molecular flexibility index (Phi) is 3.20. The van der Waals surface area contributed by atoms with Gasteiger partial charge in [0.25, 0.3) is 5.91 Å². The second-order valence-corrected chi connectivity index (χ2v) is 5.66. The number of carbonyl (C=O) groups is 2. The smallest absolute Gasteiger partial charge is 0.336 e. The molecule has 0 aromatic carbocycles. The summed E-state index contributed by atoms with van der Waals surface area (Å²) in [6.45, 7) is 0. The van der Waals surface area contributed by atoms with Crippen LogP contribution >= 0.6 is 0 Å². The number of hydrogen-bond acceptors (Lipinski definition) is 4. The van der Waals surface area contributed by atoms with Crippen LogP contribution in [0.25, 0.3) is 0 Å². The fourth-order valence-corrected chi connectivity index (χ4v) is 2.70. The molecule has 0 unspecified atom stereocenters. The second-order valence-electron chi connectivity index (χ2n) is 5.66. The summed E-state index contributed by atoms with van der Waals surface area (Å²) < 4.78 is 5.05. The predicted molar refractivity (Wildman–Crippen MR) is 71.4 cm³/mol. The van der Waals surface area contributed by atoms with Crippen molar-refractivity contribution in [2.75, 3.05) is 7.05 Å². The Morgan fingerprint density at radius 3 is 2.75 bits per heavy atom. The average Bonchev–Trinajstić information content (AvgIpc) is 3.19. The number of nitrogens with zero attached hydrogens (tertiary/aromatic N) is 1. The fourth-order valence-electron chi connectivity index (χ4n) is 2.70. The van der Waals surface area contributed by atoms with Gasteiger partial charge in [-0.1, -0.05) is 19.3 Å². The molecule has 0 radical (unpaired) electrons. The number of rotatable bonds is 4. The third-order valence-corrected chi connectivity index (χ3v) is 4.08. The Bertz CT molecular complexity index is 627. The van der Waals surface area contributed by atoms with Gasteiger partial charge >= 0.3 is 5.63 Å². The number of hydrogen-bond donors (Lipinski definition) is 0. The van der Waals surface area contributed by atoms with Gasteiger partial charge in [-0.05, 0) is 24.3 Å². The quantitative estimate of drug-likeness (QED) is 0.781. The highest BCUT2D eigenvalue weighted by atomic mass is 16.4. The van der Waals surface area contributed by atoms with Crippen molar-refractivity contribution in [2.24, 2.45) is 5.92 Å². The summed E-state index contributed by atoms with van der Waals surface area (Å²) in [5.74, 6) is 0.361. The maximum atomic E-state index is 12.2. The van der Waals surface area contributed by atoms with E-state index in [4.69, 9.17) is 4.42 Å². The molecule has 1 aliphatic carbocycles. The van der Waals surface area contributed by atoms with Crippen molar-refractivity contribution in [2.45, 2.75) is 38.5 Å². The zero-order valence-electron chi connectivity index (χ0n) is 11.5. The van der Waals surface area contributed by atoms with E-state index >= 15 is 0 Å². The number of carbonyl (C=O) groups excluding carboxylic acids is 2. The molecule has 1 fully saturated rings. The van der Waals surface area contributed by atoms with Crippen LogP contribution < -0.4 is 5.63 Å². The molecule has 1 aromatic rings. The van der Waals surface area contributed by atoms with Crippen molar-refractivity contribution in [1.82, 2.24) is 4.90 Å². The zero-order valence-corrected chi connectivity index (χ0v) is 11.5. The number of fused-ring (bicyclic) bond motifs is 1. The van der Waals surface area contributed by atoms with Crippen LogP contribution in [-0.2, 0) is 17.6 Å². The monoisotopic (exact) mass is 275 g/mol. The van der Waals surface area contributed by atoms with E-state index in [2.05, 4.69) is 0 Å². The molecule has 1 aliphatic heterocycles. The maximum Gasteiger partial charge on any atom is 0.336 e. The molecule has 0 N–H and O–H groups in total. The first kappa shape index (κ1) is 13.1. The first-order valence-electron chi connectivity index (χ1n) is 7.03. The molecule has 0 spiro atoms. The number of amides is 2. The summed E-state index contributed by atoms with van der Waals surface area (Å²) >= 11 is 0. The molecule has 5 heteroatoms. The summed E-state index contributed by atoms with van der Waals surface area (Å²) in [5, 5.41) is 0. The topological polar surface area (TPSA) is 67.6 Å². The van der Waals surface area contributed by atoms with Gasteiger partial charge in [0.1, 0.15) is 5.76 Å². The van der Waals surface area contributed by atoms with Gasteiger partial charge in [0.2, 0.25) is 5.91 Å².